The van der Waals surface area contributed by atoms with Crippen LogP contribution in [0.2, 0.25) is 0 Å². The lowest BCUT2D eigenvalue weighted by Gasteiger charge is -2.16. The molecule has 0 aliphatic heterocycles. The number of para-hydroxylation sites is 1. The van der Waals surface area contributed by atoms with Crippen molar-refractivity contribution in [2.75, 3.05) is 13.2 Å². The molecular weight excluding hydrogens is 416 g/mol. The largest absolute Gasteiger partial charge is 0.488 e. The fraction of sp³-hybridized carbons (Fsp3) is 0.464. The van der Waals surface area contributed by atoms with Crippen LogP contribution in [-0.2, 0) is 0 Å². The van der Waals surface area contributed by atoms with E-state index in [2.05, 4.69) is 52.0 Å². The molecular formula is C28H38O5. The van der Waals surface area contributed by atoms with Crippen LogP contribution >= 0.6 is 0 Å². The highest BCUT2D eigenvalue weighted by atomic mass is 16.5. The van der Waals surface area contributed by atoms with Gasteiger partial charge in [-0.25, -0.2) is 4.79 Å². The lowest BCUT2D eigenvalue weighted by molar-refractivity contribution is 0.212. The number of hydrogen-bond donors (Lipinski definition) is 0. The third kappa shape index (κ3) is 8.49. The molecule has 0 atom stereocenters. The van der Waals surface area contributed by atoms with Crippen LogP contribution < -0.4 is 19.8 Å². The lowest BCUT2D eigenvalue weighted by Crippen LogP contribution is -2.15. The zero-order chi connectivity index (χ0) is 24.2. The Balaban J connectivity index is 2.29. The van der Waals surface area contributed by atoms with E-state index in [0.29, 0.717) is 35.7 Å². The Morgan fingerprint density at radius 1 is 1.03 bits per heavy atom. The van der Waals surface area contributed by atoms with E-state index < -0.39 is 5.63 Å². The second-order valence-corrected chi connectivity index (χ2v) is 8.55. The van der Waals surface area contributed by atoms with Gasteiger partial charge in [0.1, 0.15) is 6.61 Å². The highest BCUT2D eigenvalue weighted by Crippen LogP contribution is 2.37. The number of rotatable bonds is 13. The number of allylic oxidation sites excluding steroid dienone is 4. The SMILES string of the molecule is CCC=CCCOc1c(OC(C)C)c(=O)oc2c(OC/C=C(\C)CCC=C(C)C)cccc12. The predicted octanol–water partition coefficient (Wildman–Crippen LogP) is 7.39. The van der Waals surface area contributed by atoms with Gasteiger partial charge in [0.25, 0.3) is 0 Å². The van der Waals surface area contributed by atoms with Crippen LogP contribution in [0.25, 0.3) is 11.0 Å². The summed E-state index contributed by atoms with van der Waals surface area (Å²) in [5.41, 5.74) is 2.38. The van der Waals surface area contributed by atoms with Crippen LogP contribution in [-0.4, -0.2) is 19.3 Å². The molecule has 5 heteroatoms. The third-order valence-corrected chi connectivity index (χ3v) is 4.86. The Labute approximate surface area is 197 Å². The van der Waals surface area contributed by atoms with Crippen molar-refractivity contribution in [2.45, 2.75) is 73.3 Å². The average Bonchev–Trinajstić information content (AvgIpc) is 2.75. The Morgan fingerprint density at radius 3 is 2.52 bits per heavy atom. The first kappa shape index (κ1) is 26.3. The summed E-state index contributed by atoms with van der Waals surface area (Å²) in [5, 5.41) is 0.659. The number of fused-ring (bicyclic) bond motifs is 1. The topological polar surface area (TPSA) is 57.9 Å². The van der Waals surface area contributed by atoms with Gasteiger partial charge in [0, 0.05) is 0 Å². The summed E-state index contributed by atoms with van der Waals surface area (Å²) < 4.78 is 23.4. The zero-order valence-electron chi connectivity index (χ0n) is 20.9. The summed E-state index contributed by atoms with van der Waals surface area (Å²) in [7, 11) is 0. The molecule has 0 N–H and O–H groups in total. The van der Waals surface area contributed by atoms with E-state index in [-0.39, 0.29) is 11.9 Å². The monoisotopic (exact) mass is 454 g/mol. The highest BCUT2D eigenvalue weighted by molar-refractivity contribution is 5.89. The molecule has 0 saturated carbocycles. The first-order valence-corrected chi connectivity index (χ1v) is 11.8. The van der Waals surface area contributed by atoms with Crippen LogP contribution in [0.15, 0.2) is 62.9 Å². The number of benzene rings is 1. The van der Waals surface area contributed by atoms with Gasteiger partial charge in [-0.05, 0) is 78.5 Å². The number of ether oxygens (including phenoxy) is 3. The molecule has 0 fully saturated rings. The Bertz CT molecular complexity index is 1040. The van der Waals surface area contributed by atoms with Gasteiger partial charge in [-0.2, -0.15) is 0 Å². The molecule has 2 aromatic rings. The molecule has 0 unspecified atom stereocenters. The maximum absolute atomic E-state index is 12.8. The van der Waals surface area contributed by atoms with Crippen LogP contribution in [0.5, 0.6) is 17.2 Å². The molecule has 1 heterocycles. The van der Waals surface area contributed by atoms with Gasteiger partial charge < -0.3 is 18.6 Å². The van der Waals surface area contributed by atoms with Crippen LogP contribution in [0.4, 0.5) is 0 Å². The molecule has 0 saturated heterocycles. The first-order chi connectivity index (χ1) is 15.8. The summed E-state index contributed by atoms with van der Waals surface area (Å²) in [4.78, 5) is 12.8. The summed E-state index contributed by atoms with van der Waals surface area (Å²) in [6.07, 6.45) is 12.0. The van der Waals surface area contributed by atoms with Crippen molar-refractivity contribution in [3.63, 3.8) is 0 Å². The van der Waals surface area contributed by atoms with E-state index in [1.54, 1.807) is 6.07 Å². The molecule has 33 heavy (non-hydrogen) atoms. The van der Waals surface area contributed by atoms with Crippen molar-refractivity contribution in [1.82, 2.24) is 0 Å². The van der Waals surface area contributed by atoms with Gasteiger partial charge in [-0.3, -0.25) is 0 Å². The smallest absolute Gasteiger partial charge is 0.383 e. The van der Waals surface area contributed by atoms with E-state index in [1.807, 2.05) is 26.0 Å². The summed E-state index contributed by atoms with van der Waals surface area (Å²) in [6.45, 7) is 12.9. The summed E-state index contributed by atoms with van der Waals surface area (Å²) >= 11 is 0. The molecule has 0 spiro atoms. The second kappa shape index (κ2) is 13.6. The molecule has 5 nitrogen and oxygen atoms in total. The Kier molecular flexibility index (Phi) is 10.8. The van der Waals surface area contributed by atoms with Gasteiger partial charge in [-0.15, -0.1) is 0 Å². The van der Waals surface area contributed by atoms with Gasteiger partial charge >= 0.3 is 5.63 Å². The predicted molar refractivity (Wildman–Crippen MR) is 136 cm³/mol. The average molecular weight is 455 g/mol. The maximum Gasteiger partial charge on any atom is 0.383 e. The Morgan fingerprint density at radius 2 is 1.82 bits per heavy atom. The van der Waals surface area contributed by atoms with Crippen molar-refractivity contribution in [2.24, 2.45) is 0 Å². The molecule has 0 bridgehead atoms. The normalized spacial score (nSPS) is 11.9. The zero-order valence-corrected chi connectivity index (χ0v) is 20.9. The molecule has 1 aromatic heterocycles. The molecule has 1 aromatic carbocycles. The van der Waals surface area contributed by atoms with E-state index in [0.717, 1.165) is 25.7 Å². The summed E-state index contributed by atoms with van der Waals surface area (Å²) in [5.74, 6) is 1.01. The Hall–Kier alpha value is -2.95. The van der Waals surface area contributed by atoms with Gasteiger partial charge in [-0.1, -0.05) is 42.4 Å². The van der Waals surface area contributed by atoms with Crippen molar-refractivity contribution < 1.29 is 18.6 Å². The van der Waals surface area contributed by atoms with E-state index in [1.165, 1.54) is 11.1 Å². The van der Waals surface area contributed by atoms with Crippen molar-refractivity contribution in [3.8, 4) is 17.2 Å². The third-order valence-electron chi connectivity index (χ3n) is 4.86. The lowest BCUT2D eigenvalue weighted by atomic mass is 10.1. The molecule has 0 aliphatic carbocycles. The maximum atomic E-state index is 12.8. The highest BCUT2D eigenvalue weighted by Gasteiger charge is 2.21. The quantitative estimate of drug-likeness (QED) is 0.179. The van der Waals surface area contributed by atoms with Crippen molar-refractivity contribution in [3.05, 3.63) is 64.1 Å². The first-order valence-electron chi connectivity index (χ1n) is 11.8. The van der Waals surface area contributed by atoms with E-state index in [9.17, 15) is 4.79 Å². The van der Waals surface area contributed by atoms with Gasteiger partial charge in [0.2, 0.25) is 5.75 Å². The van der Waals surface area contributed by atoms with Gasteiger partial charge in [0.05, 0.1) is 18.1 Å². The van der Waals surface area contributed by atoms with Crippen LogP contribution in [0.3, 0.4) is 0 Å². The van der Waals surface area contributed by atoms with E-state index in [4.69, 9.17) is 18.6 Å². The molecule has 2 rings (SSSR count). The second-order valence-electron chi connectivity index (χ2n) is 8.55. The van der Waals surface area contributed by atoms with Crippen LogP contribution in [0.1, 0.15) is 67.2 Å². The molecule has 0 amide bonds. The fourth-order valence-corrected chi connectivity index (χ4v) is 3.23. The van der Waals surface area contributed by atoms with Crippen LogP contribution in [0, 0.1) is 0 Å². The van der Waals surface area contributed by atoms with Gasteiger partial charge in [0.15, 0.2) is 17.1 Å². The standard InChI is InChI=1S/C28H38O5/c1-7-8-9-10-18-31-26-23-15-12-16-24(25(23)33-28(29)27(26)32-21(4)5)30-19-17-22(6)14-11-13-20(2)3/h8-9,12-13,15-17,21H,7,10-11,14,18-19H2,1-6H3/b9-8?,22-17+. The summed E-state index contributed by atoms with van der Waals surface area (Å²) in [6, 6.07) is 5.52. The minimum atomic E-state index is -0.570. The molecule has 0 aliphatic rings. The minimum Gasteiger partial charge on any atom is -0.488 e. The van der Waals surface area contributed by atoms with Crippen molar-refractivity contribution >= 4 is 11.0 Å². The molecule has 180 valence electrons. The minimum absolute atomic E-state index is 0.101. The molecule has 0 radical (unpaired) electrons. The fourth-order valence-electron chi connectivity index (χ4n) is 3.23. The van der Waals surface area contributed by atoms with Crippen molar-refractivity contribution in [1.29, 1.82) is 0 Å². The van der Waals surface area contributed by atoms with E-state index >= 15 is 0 Å². The number of hydrogen-bond acceptors (Lipinski definition) is 5.